The minimum absolute atomic E-state index is 0.551. The van der Waals surface area contributed by atoms with E-state index in [9.17, 15) is 0 Å². The summed E-state index contributed by atoms with van der Waals surface area (Å²) in [5.74, 6) is 1.17. The molecule has 0 saturated carbocycles. The Bertz CT molecular complexity index is 512. The van der Waals surface area contributed by atoms with Gasteiger partial charge in [0, 0.05) is 10.0 Å². The summed E-state index contributed by atoms with van der Waals surface area (Å²) in [6.45, 7) is 2.26. The first-order chi connectivity index (χ1) is 9.19. The maximum Gasteiger partial charge on any atom is 0.247 e. The predicted octanol–water partition coefficient (Wildman–Crippen LogP) is 2.28. The highest BCUT2D eigenvalue weighted by molar-refractivity contribution is 9.10. The van der Waals surface area contributed by atoms with Crippen LogP contribution in [0.4, 0.5) is 0 Å². The van der Waals surface area contributed by atoms with Gasteiger partial charge in [-0.2, -0.15) is 0 Å². The largest absolute Gasteiger partial charge is 0.419 e. The van der Waals surface area contributed by atoms with Gasteiger partial charge in [-0.3, -0.25) is 4.90 Å². The van der Waals surface area contributed by atoms with Gasteiger partial charge < -0.3 is 10.2 Å². The molecule has 1 heterocycles. The number of nitrogens with two attached hydrogens (primary N) is 1. The zero-order valence-corrected chi connectivity index (χ0v) is 12.4. The lowest BCUT2D eigenvalue weighted by atomic mass is 10.2. The third-order valence-corrected chi connectivity index (χ3v) is 3.24. The molecule has 5 nitrogen and oxygen atoms in total. The van der Waals surface area contributed by atoms with Crippen LogP contribution in [0.1, 0.15) is 12.3 Å². The van der Waals surface area contributed by atoms with Gasteiger partial charge in [-0.25, -0.2) is 0 Å². The SMILES string of the molecule is CN(CCCN)Cc1nnc(-c2ccc(Br)cc2)o1. The first kappa shape index (κ1) is 14.2. The van der Waals surface area contributed by atoms with Crippen LogP contribution < -0.4 is 5.73 Å². The van der Waals surface area contributed by atoms with Crippen LogP contribution in [0.5, 0.6) is 0 Å². The average molecular weight is 325 g/mol. The number of halogens is 1. The summed E-state index contributed by atoms with van der Waals surface area (Å²) in [7, 11) is 2.01. The molecule has 0 unspecified atom stereocenters. The summed E-state index contributed by atoms with van der Waals surface area (Å²) in [6.07, 6.45) is 0.963. The fourth-order valence-electron chi connectivity index (χ4n) is 1.70. The third-order valence-electron chi connectivity index (χ3n) is 2.71. The van der Waals surface area contributed by atoms with Gasteiger partial charge in [0.1, 0.15) is 0 Å². The van der Waals surface area contributed by atoms with Gasteiger partial charge in [-0.05, 0) is 50.8 Å². The second-order valence-corrected chi connectivity index (χ2v) is 5.30. The van der Waals surface area contributed by atoms with E-state index >= 15 is 0 Å². The molecule has 6 heteroatoms. The lowest BCUT2D eigenvalue weighted by molar-refractivity contribution is 0.288. The topological polar surface area (TPSA) is 68.2 Å². The Hall–Kier alpha value is -1.24. The van der Waals surface area contributed by atoms with Crippen LogP contribution in [-0.2, 0) is 6.54 Å². The molecule has 2 aromatic rings. The van der Waals surface area contributed by atoms with Gasteiger partial charge in [-0.15, -0.1) is 10.2 Å². The second kappa shape index (κ2) is 6.79. The molecule has 0 radical (unpaired) electrons. The van der Waals surface area contributed by atoms with Crippen LogP contribution in [0.15, 0.2) is 33.2 Å². The maximum absolute atomic E-state index is 5.65. The molecule has 0 aliphatic carbocycles. The van der Waals surface area contributed by atoms with Crippen molar-refractivity contribution in [1.29, 1.82) is 0 Å². The number of nitrogens with zero attached hydrogens (tertiary/aromatic N) is 3. The quantitative estimate of drug-likeness (QED) is 0.882. The molecular weight excluding hydrogens is 308 g/mol. The molecular formula is C13H17BrN4O. The molecule has 0 bridgehead atoms. The van der Waals surface area contributed by atoms with Gasteiger partial charge >= 0.3 is 0 Å². The number of rotatable bonds is 6. The molecule has 0 fully saturated rings. The summed E-state index contributed by atoms with van der Waals surface area (Å²) in [6, 6.07) is 7.79. The highest BCUT2D eigenvalue weighted by Crippen LogP contribution is 2.20. The molecule has 0 aliphatic rings. The van der Waals surface area contributed by atoms with E-state index in [0.717, 1.165) is 23.0 Å². The summed E-state index contributed by atoms with van der Waals surface area (Å²) in [5, 5.41) is 8.13. The van der Waals surface area contributed by atoms with Crippen LogP contribution in [0.25, 0.3) is 11.5 Å². The standard InChI is InChI=1S/C13H17BrN4O/c1-18(8-2-7-15)9-12-16-17-13(19-12)10-3-5-11(14)6-4-10/h3-6H,2,7-9,15H2,1H3. The molecule has 0 amide bonds. The first-order valence-corrected chi connectivity index (χ1v) is 6.95. The summed E-state index contributed by atoms with van der Waals surface area (Å²) >= 11 is 3.40. The maximum atomic E-state index is 5.65. The fourth-order valence-corrected chi connectivity index (χ4v) is 1.96. The Morgan fingerprint density at radius 2 is 2.00 bits per heavy atom. The zero-order valence-electron chi connectivity index (χ0n) is 10.8. The lowest BCUT2D eigenvalue weighted by Gasteiger charge is -2.12. The van der Waals surface area contributed by atoms with Crippen molar-refractivity contribution in [3.8, 4) is 11.5 Å². The summed E-state index contributed by atoms with van der Waals surface area (Å²) in [4.78, 5) is 2.12. The van der Waals surface area contributed by atoms with E-state index in [1.807, 2.05) is 31.3 Å². The number of hydrogen-bond acceptors (Lipinski definition) is 5. The van der Waals surface area contributed by atoms with E-state index in [4.69, 9.17) is 10.2 Å². The van der Waals surface area contributed by atoms with Crippen LogP contribution in [0.2, 0.25) is 0 Å². The van der Waals surface area contributed by atoms with E-state index in [1.54, 1.807) is 0 Å². The number of benzene rings is 1. The Kier molecular flexibility index (Phi) is 5.07. The molecule has 1 aromatic heterocycles. The van der Waals surface area contributed by atoms with E-state index in [-0.39, 0.29) is 0 Å². The van der Waals surface area contributed by atoms with E-state index < -0.39 is 0 Å². The molecule has 0 spiro atoms. The Morgan fingerprint density at radius 1 is 1.26 bits per heavy atom. The molecule has 1 aromatic carbocycles. The van der Waals surface area contributed by atoms with E-state index in [2.05, 4.69) is 31.0 Å². The van der Waals surface area contributed by atoms with Gasteiger partial charge in [0.2, 0.25) is 11.8 Å². The van der Waals surface area contributed by atoms with Crippen molar-refractivity contribution in [2.45, 2.75) is 13.0 Å². The monoisotopic (exact) mass is 324 g/mol. The lowest BCUT2D eigenvalue weighted by Crippen LogP contribution is -2.21. The Balaban J connectivity index is 2.00. The van der Waals surface area contributed by atoms with Crippen molar-refractivity contribution in [1.82, 2.24) is 15.1 Å². The van der Waals surface area contributed by atoms with Crippen molar-refractivity contribution in [2.75, 3.05) is 20.1 Å². The molecule has 0 aliphatic heterocycles. The molecule has 0 atom stereocenters. The second-order valence-electron chi connectivity index (χ2n) is 4.39. The van der Waals surface area contributed by atoms with Crippen molar-refractivity contribution < 1.29 is 4.42 Å². The van der Waals surface area contributed by atoms with Crippen LogP contribution >= 0.6 is 15.9 Å². The minimum Gasteiger partial charge on any atom is -0.419 e. The zero-order chi connectivity index (χ0) is 13.7. The van der Waals surface area contributed by atoms with Crippen molar-refractivity contribution in [2.24, 2.45) is 5.73 Å². The van der Waals surface area contributed by atoms with Crippen molar-refractivity contribution in [3.63, 3.8) is 0 Å². The molecule has 19 heavy (non-hydrogen) atoms. The molecule has 0 saturated heterocycles. The first-order valence-electron chi connectivity index (χ1n) is 6.16. The van der Waals surface area contributed by atoms with E-state index in [1.165, 1.54) is 0 Å². The van der Waals surface area contributed by atoms with Crippen LogP contribution in [0, 0.1) is 0 Å². The minimum atomic E-state index is 0.551. The molecule has 102 valence electrons. The number of aromatic nitrogens is 2. The Labute approximate surface area is 120 Å². The van der Waals surface area contributed by atoms with Gasteiger partial charge in [-0.1, -0.05) is 15.9 Å². The molecule has 2 rings (SSSR count). The van der Waals surface area contributed by atoms with Crippen LogP contribution in [-0.4, -0.2) is 35.2 Å². The molecule has 2 N–H and O–H groups in total. The van der Waals surface area contributed by atoms with Gasteiger partial charge in [0.25, 0.3) is 0 Å². The average Bonchev–Trinajstić information content (AvgIpc) is 2.85. The Morgan fingerprint density at radius 3 is 2.68 bits per heavy atom. The highest BCUT2D eigenvalue weighted by atomic mass is 79.9. The van der Waals surface area contributed by atoms with Crippen molar-refractivity contribution >= 4 is 15.9 Å². The number of hydrogen-bond donors (Lipinski definition) is 1. The van der Waals surface area contributed by atoms with Crippen molar-refractivity contribution in [3.05, 3.63) is 34.6 Å². The fraction of sp³-hybridized carbons (Fsp3) is 0.385. The third kappa shape index (κ3) is 4.12. The van der Waals surface area contributed by atoms with Gasteiger partial charge in [0.05, 0.1) is 6.54 Å². The summed E-state index contributed by atoms with van der Waals surface area (Å²) < 4.78 is 6.68. The summed E-state index contributed by atoms with van der Waals surface area (Å²) in [5.41, 5.74) is 6.40. The van der Waals surface area contributed by atoms with Crippen LogP contribution in [0.3, 0.4) is 0 Å². The highest BCUT2D eigenvalue weighted by Gasteiger charge is 2.10. The normalized spacial score (nSPS) is 11.2. The smallest absolute Gasteiger partial charge is 0.247 e. The van der Waals surface area contributed by atoms with E-state index in [0.29, 0.717) is 24.9 Å². The predicted molar refractivity (Wildman–Crippen MR) is 77.4 cm³/mol. The van der Waals surface area contributed by atoms with Gasteiger partial charge in [0.15, 0.2) is 0 Å².